The van der Waals surface area contributed by atoms with E-state index in [0.717, 1.165) is 11.3 Å². The number of oxime groups is 1. The summed E-state index contributed by atoms with van der Waals surface area (Å²) in [5.41, 5.74) is 3.35. The van der Waals surface area contributed by atoms with Crippen molar-refractivity contribution in [1.29, 1.82) is 0 Å². The third-order valence-electron chi connectivity index (χ3n) is 3.20. The van der Waals surface area contributed by atoms with Gasteiger partial charge in [-0.15, -0.1) is 0 Å². The predicted molar refractivity (Wildman–Crippen MR) is 81.0 cm³/mol. The number of hydrogen-bond donors (Lipinski definition) is 2. The molecule has 0 bridgehead atoms. The highest BCUT2D eigenvalue weighted by molar-refractivity contribution is 6.05. The van der Waals surface area contributed by atoms with Crippen LogP contribution < -0.4 is 5.32 Å². The van der Waals surface area contributed by atoms with E-state index in [1.165, 1.54) is 0 Å². The van der Waals surface area contributed by atoms with Gasteiger partial charge in [-0.25, -0.2) is 0 Å². The number of aromatic nitrogens is 2. The van der Waals surface area contributed by atoms with Crippen LogP contribution in [-0.4, -0.2) is 26.6 Å². The Bertz CT molecular complexity index is 671. The molecule has 2 N–H and O–H groups in total. The van der Waals surface area contributed by atoms with Crippen LogP contribution in [0.4, 0.5) is 5.69 Å². The molecule has 1 amide bonds. The third kappa shape index (κ3) is 3.28. The lowest BCUT2D eigenvalue weighted by Gasteiger charge is -2.06. The van der Waals surface area contributed by atoms with Crippen molar-refractivity contribution in [3.8, 4) is 0 Å². The van der Waals surface area contributed by atoms with Crippen molar-refractivity contribution < 1.29 is 10.0 Å². The van der Waals surface area contributed by atoms with Crippen LogP contribution in [0.3, 0.4) is 0 Å². The number of anilines is 1. The fraction of sp³-hybridized carbons (Fsp3) is 0.267. The van der Waals surface area contributed by atoms with Crippen molar-refractivity contribution in [2.75, 3.05) is 5.32 Å². The largest absolute Gasteiger partial charge is 0.411 e. The van der Waals surface area contributed by atoms with Crippen molar-refractivity contribution in [3.63, 3.8) is 0 Å². The summed E-state index contributed by atoms with van der Waals surface area (Å²) in [5, 5.41) is 18.9. The monoisotopic (exact) mass is 286 g/mol. The second-order valence-electron chi connectivity index (χ2n) is 4.73. The summed E-state index contributed by atoms with van der Waals surface area (Å²) in [6.45, 7) is 3.67. The van der Waals surface area contributed by atoms with Gasteiger partial charge in [-0.2, -0.15) is 5.10 Å². The van der Waals surface area contributed by atoms with Crippen LogP contribution in [0.15, 0.2) is 35.6 Å². The maximum absolute atomic E-state index is 12.3. The first kappa shape index (κ1) is 14.8. The average Bonchev–Trinajstić information content (AvgIpc) is 2.88. The number of aryl methyl sites for hydroxylation is 2. The second kappa shape index (κ2) is 6.21. The Hall–Kier alpha value is -2.63. The Morgan fingerprint density at radius 1 is 1.38 bits per heavy atom. The van der Waals surface area contributed by atoms with E-state index in [-0.39, 0.29) is 5.91 Å². The molecule has 0 spiro atoms. The van der Waals surface area contributed by atoms with Gasteiger partial charge in [0, 0.05) is 18.9 Å². The van der Waals surface area contributed by atoms with Gasteiger partial charge in [0.2, 0.25) is 0 Å². The van der Waals surface area contributed by atoms with E-state index in [9.17, 15) is 4.79 Å². The Kier molecular flexibility index (Phi) is 4.37. The van der Waals surface area contributed by atoms with Gasteiger partial charge >= 0.3 is 0 Å². The zero-order valence-electron chi connectivity index (χ0n) is 12.3. The summed E-state index contributed by atoms with van der Waals surface area (Å²) in [7, 11) is 1.79. The lowest BCUT2D eigenvalue weighted by Crippen LogP contribution is -2.13. The Balaban J connectivity index is 2.16. The predicted octanol–water partition coefficient (Wildman–Crippen LogP) is 2.43. The number of benzene rings is 1. The molecule has 2 aromatic rings. The molecule has 2 rings (SSSR count). The minimum atomic E-state index is -0.180. The van der Waals surface area contributed by atoms with Gasteiger partial charge in [-0.3, -0.25) is 9.48 Å². The number of rotatable bonds is 4. The smallest absolute Gasteiger partial charge is 0.259 e. The number of nitrogens with zero attached hydrogens (tertiary/aromatic N) is 3. The lowest BCUT2D eigenvalue weighted by molar-refractivity contribution is 0.102. The summed E-state index contributed by atoms with van der Waals surface area (Å²) in [4.78, 5) is 12.3. The summed E-state index contributed by atoms with van der Waals surface area (Å²) in [5.74, 6) is -0.180. The van der Waals surface area contributed by atoms with E-state index < -0.39 is 0 Å². The van der Waals surface area contributed by atoms with Gasteiger partial charge in [-0.1, -0.05) is 24.2 Å². The molecule has 1 aromatic carbocycles. The Labute approximate surface area is 123 Å². The fourth-order valence-corrected chi connectivity index (χ4v) is 2.04. The zero-order chi connectivity index (χ0) is 15.4. The second-order valence-corrected chi connectivity index (χ2v) is 4.73. The quantitative estimate of drug-likeness (QED) is 0.514. The molecule has 6 heteroatoms. The first-order chi connectivity index (χ1) is 10.0. The van der Waals surface area contributed by atoms with E-state index in [1.807, 2.05) is 6.92 Å². The molecule has 1 aromatic heterocycles. The van der Waals surface area contributed by atoms with Crippen LogP contribution in [0.5, 0.6) is 0 Å². The van der Waals surface area contributed by atoms with Gasteiger partial charge in [0.1, 0.15) is 0 Å². The van der Waals surface area contributed by atoms with E-state index in [2.05, 4.69) is 15.6 Å². The number of nitrogens with one attached hydrogen (secondary N) is 1. The van der Waals surface area contributed by atoms with Crippen LogP contribution in [0.2, 0.25) is 0 Å². The van der Waals surface area contributed by atoms with Gasteiger partial charge in [0.15, 0.2) is 0 Å². The maximum atomic E-state index is 12.3. The molecule has 0 unspecified atom stereocenters. The molecule has 0 atom stereocenters. The number of carbonyl (C=O) groups is 1. The van der Waals surface area contributed by atoms with E-state index in [4.69, 9.17) is 5.21 Å². The first-order valence-corrected chi connectivity index (χ1v) is 6.68. The highest BCUT2D eigenvalue weighted by Crippen LogP contribution is 2.14. The molecule has 0 aliphatic carbocycles. The van der Waals surface area contributed by atoms with Crippen molar-refractivity contribution in [2.45, 2.75) is 20.3 Å². The Morgan fingerprint density at radius 2 is 2.05 bits per heavy atom. The van der Waals surface area contributed by atoms with Crippen LogP contribution >= 0.6 is 0 Å². The molecule has 110 valence electrons. The molecule has 0 saturated carbocycles. The minimum absolute atomic E-state index is 0.180. The normalized spacial score (nSPS) is 11.5. The third-order valence-corrected chi connectivity index (χ3v) is 3.20. The molecule has 21 heavy (non-hydrogen) atoms. The number of amides is 1. The number of hydrogen-bond acceptors (Lipinski definition) is 4. The molecular formula is C15H18N4O2. The van der Waals surface area contributed by atoms with Crippen molar-refractivity contribution in [3.05, 3.63) is 47.3 Å². The van der Waals surface area contributed by atoms with Crippen molar-refractivity contribution in [1.82, 2.24) is 9.78 Å². The van der Waals surface area contributed by atoms with Crippen LogP contribution in [-0.2, 0) is 13.5 Å². The molecular weight excluding hydrogens is 268 g/mol. The first-order valence-electron chi connectivity index (χ1n) is 6.68. The van der Waals surface area contributed by atoms with Crippen LogP contribution in [0, 0.1) is 0 Å². The molecule has 0 aliphatic heterocycles. The molecule has 6 nitrogen and oxygen atoms in total. The summed E-state index contributed by atoms with van der Waals surface area (Å²) >= 11 is 0. The summed E-state index contributed by atoms with van der Waals surface area (Å²) in [6.07, 6.45) is 2.42. The van der Waals surface area contributed by atoms with Crippen LogP contribution in [0.1, 0.15) is 35.5 Å². The Morgan fingerprint density at radius 3 is 2.62 bits per heavy atom. The van der Waals surface area contributed by atoms with Crippen molar-refractivity contribution in [2.24, 2.45) is 12.2 Å². The SMILES string of the molecule is CCc1nn(C)cc1C(=O)Nc1ccc(/C(C)=N/O)cc1. The topological polar surface area (TPSA) is 79.5 Å². The zero-order valence-corrected chi connectivity index (χ0v) is 12.3. The van der Waals surface area contributed by atoms with Gasteiger partial charge in [-0.05, 0) is 31.0 Å². The van der Waals surface area contributed by atoms with E-state index in [0.29, 0.717) is 23.4 Å². The summed E-state index contributed by atoms with van der Waals surface area (Å²) in [6, 6.07) is 7.11. The molecule has 0 aliphatic rings. The number of carbonyl (C=O) groups excluding carboxylic acids is 1. The molecule has 0 radical (unpaired) electrons. The minimum Gasteiger partial charge on any atom is -0.411 e. The van der Waals surface area contributed by atoms with Gasteiger partial charge in [0.25, 0.3) is 5.91 Å². The highest BCUT2D eigenvalue weighted by Gasteiger charge is 2.14. The molecule has 1 heterocycles. The summed E-state index contributed by atoms with van der Waals surface area (Å²) < 4.78 is 1.64. The van der Waals surface area contributed by atoms with Gasteiger partial charge < -0.3 is 10.5 Å². The van der Waals surface area contributed by atoms with E-state index in [1.54, 1.807) is 49.1 Å². The van der Waals surface area contributed by atoms with Gasteiger partial charge in [0.05, 0.1) is 17.0 Å². The highest BCUT2D eigenvalue weighted by atomic mass is 16.4. The lowest BCUT2D eigenvalue weighted by atomic mass is 10.1. The van der Waals surface area contributed by atoms with E-state index >= 15 is 0 Å². The molecule has 0 fully saturated rings. The van der Waals surface area contributed by atoms with Crippen LogP contribution in [0.25, 0.3) is 0 Å². The standard InChI is InChI=1S/C15H18N4O2/c1-4-14-13(9-19(3)17-14)15(20)16-12-7-5-11(6-8-12)10(2)18-21/h5-9,21H,4H2,1-3H3,(H,16,20)/b18-10+. The van der Waals surface area contributed by atoms with Crippen molar-refractivity contribution >= 4 is 17.3 Å². The fourth-order valence-electron chi connectivity index (χ4n) is 2.04. The maximum Gasteiger partial charge on any atom is 0.259 e. The average molecular weight is 286 g/mol. The molecule has 0 saturated heterocycles.